The van der Waals surface area contributed by atoms with Gasteiger partial charge < -0.3 is 0 Å². The van der Waals surface area contributed by atoms with Crippen molar-refractivity contribution in [1.29, 1.82) is 0 Å². The number of benzene rings is 3. The Hall–Kier alpha value is -0.640. The van der Waals surface area contributed by atoms with E-state index in [9.17, 15) is 0 Å². The van der Waals surface area contributed by atoms with Crippen LogP contribution in [0.25, 0.3) is 11.1 Å². The quantitative estimate of drug-likeness (QED) is 0.430. The molecule has 0 saturated heterocycles. The Morgan fingerprint density at radius 2 is 1.22 bits per heavy atom. The Balaban J connectivity index is 0.00000161. The molecule has 0 spiro atoms. The van der Waals surface area contributed by atoms with Crippen molar-refractivity contribution in [2.75, 3.05) is 0 Å². The van der Waals surface area contributed by atoms with E-state index in [-0.39, 0.29) is 48.8 Å². The van der Waals surface area contributed by atoms with Crippen LogP contribution in [-0.4, -0.2) is 9.52 Å². The van der Waals surface area contributed by atoms with Crippen molar-refractivity contribution in [3.05, 3.63) is 84.4 Å². The van der Waals surface area contributed by atoms with Gasteiger partial charge in [-0.2, -0.15) is 19.8 Å². The first-order chi connectivity index (χ1) is 9.84. The van der Waals surface area contributed by atoms with Gasteiger partial charge in [-0.05, 0) is 23.6 Å². The van der Waals surface area contributed by atoms with Crippen LogP contribution >= 0.6 is 19.8 Å². The van der Waals surface area contributed by atoms with E-state index >= 15 is 0 Å². The van der Waals surface area contributed by atoms with Crippen LogP contribution in [0.15, 0.2) is 78.9 Å². The Labute approximate surface area is 161 Å². The van der Waals surface area contributed by atoms with Crippen molar-refractivity contribution >= 4 is 39.7 Å². The minimum atomic E-state index is 0. The molecule has 0 fully saturated rings. The molecule has 2 unspecified atom stereocenters. The zero-order valence-corrected chi connectivity index (χ0v) is 19.0. The Bertz CT molecular complexity index is 703. The van der Waals surface area contributed by atoms with Gasteiger partial charge in [0.2, 0.25) is 0 Å². The van der Waals surface area contributed by atoms with E-state index in [0.717, 1.165) is 0 Å². The minimum absolute atomic E-state index is 0. The predicted octanol–water partition coefficient (Wildman–Crippen LogP) is 3.16. The van der Waals surface area contributed by atoms with E-state index in [1.54, 1.807) is 0 Å². The van der Waals surface area contributed by atoms with Crippen LogP contribution < -0.4 is 10.4 Å². The first-order valence-electron chi connectivity index (χ1n) is 6.89. The molecular formula is C19H23P2RhSi. The second-order valence-corrected chi connectivity index (χ2v) is 6.54. The van der Waals surface area contributed by atoms with Gasteiger partial charge in [-0.15, -0.1) is 0 Å². The van der Waals surface area contributed by atoms with E-state index in [0.29, 0.717) is 0 Å². The summed E-state index contributed by atoms with van der Waals surface area (Å²) in [5.74, 6) is 0. The minimum Gasteiger partial charge on any atom is -0.153 e. The topological polar surface area (TPSA) is 0 Å². The average molecular weight is 444 g/mol. The molecule has 0 heterocycles. The summed E-state index contributed by atoms with van der Waals surface area (Å²) in [5, 5.41) is 2.91. The SMILES string of the molecule is Cc1cccc([SiH]c2ccccc2)c1-c1ccccc1.P.P.[Rh]. The molecule has 4 heteroatoms. The van der Waals surface area contributed by atoms with Crippen molar-refractivity contribution in [1.82, 2.24) is 0 Å². The van der Waals surface area contributed by atoms with Gasteiger partial charge in [0.05, 0.1) is 0 Å². The molecule has 0 aromatic heterocycles. The number of aryl methyl sites for hydroxylation is 1. The summed E-state index contributed by atoms with van der Waals surface area (Å²) < 4.78 is 0. The van der Waals surface area contributed by atoms with Gasteiger partial charge in [0, 0.05) is 19.5 Å². The molecule has 0 aliphatic heterocycles. The van der Waals surface area contributed by atoms with Crippen molar-refractivity contribution < 1.29 is 19.5 Å². The molecule has 2 radical (unpaired) electrons. The van der Waals surface area contributed by atoms with E-state index < -0.39 is 0 Å². The summed E-state index contributed by atoms with van der Waals surface area (Å²) in [4.78, 5) is 0. The Morgan fingerprint density at radius 3 is 1.83 bits per heavy atom. The summed E-state index contributed by atoms with van der Waals surface area (Å²) >= 11 is 0. The van der Waals surface area contributed by atoms with Gasteiger partial charge >= 0.3 is 0 Å². The molecule has 2 atom stereocenters. The summed E-state index contributed by atoms with van der Waals surface area (Å²) in [5.41, 5.74) is 4.09. The molecule has 23 heavy (non-hydrogen) atoms. The van der Waals surface area contributed by atoms with Gasteiger partial charge in [-0.1, -0.05) is 89.2 Å². The third-order valence-corrected chi connectivity index (χ3v) is 5.00. The van der Waals surface area contributed by atoms with Crippen LogP contribution in [0.4, 0.5) is 0 Å². The Morgan fingerprint density at radius 1 is 0.652 bits per heavy atom. The van der Waals surface area contributed by atoms with E-state index in [1.165, 1.54) is 27.1 Å². The van der Waals surface area contributed by atoms with Crippen LogP contribution in [0.5, 0.6) is 0 Å². The third-order valence-electron chi connectivity index (χ3n) is 3.49. The van der Waals surface area contributed by atoms with Gasteiger partial charge in [0.15, 0.2) is 0 Å². The largest absolute Gasteiger partial charge is 0.153 e. The maximum atomic E-state index is 2.28. The van der Waals surface area contributed by atoms with Crippen molar-refractivity contribution in [3.63, 3.8) is 0 Å². The molecule has 0 aliphatic carbocycles. The second-order valence-electron chi connectivity index (χ2n) is 4.96. The average Bonchev–Trinajstić information content (AvgIpc) is 2.49. The monoisotopic (exact) mass is 444 g/mol. The van der Waals surface area contributed by atoms with Crippen LogP contribution in [-0.2, 0) is 19.5 Å². The molecule has 122 valence electrons. The fourth-order valence-electron chi connectivity index (χ4n) is 2.54. The van der Waals surface area contributed by atoms with Crippen molar-refractivity contribution in [2.24, 2.45) is 0 Å². The maximum absolute atomic E-state index is 2.28. The summed E-state index contributed by atoms with van der Waals surface area (Å²) in [6.07, 6.45) is 0. The van der Waals surface area contributed by atoms with Crippen LogP contribution in [0.2, 0.25) is 0 Å². The normalized spacial score (nSPS) is 9.09. The molecule has 3 aromatic rings. The van der Waals surface area contributed by atoms with Gasteiger partial charge in [-0.25, -0.2) is 0 Å². The molecule has 3 aromatic carbocycles. The predicted molar refractivity (Wildman–Crippen MR) is 112 cm³/mol. The summed E-state index contributed by atoms with van der Waals surface area (Å²) in [6.45, 7) is 2.20. The number of rotatable bonds is 3. The summed E-state index contributed by atoms with van der Waals surface area (Å²) in [7, 11) is 0.135. The van der Waals surface area contributed by atoms with Gasteiger partial charge in [0.1, 0.15) is 9.52 Å². The van der Waals surface area contributed by atoms with Gasteiger partial charge in [-0.3, -0.25) is 0 Å². The standard InChI is InChI=1S/C19H17Si.2H3P.Rh/c1-15-9-8-14-18(20-17-12-6-3-7-13-17)19(15)16-10-4-2-5-11-16;;;/h2-14,20H,1H3;2*1H3;. The molecule has 0 amide bonds. The molecule has 0 bridgehead atoms. The summed E-state index contributed by atoms with van der Waals surface area (Å²) in [6, 6.07) is 28.2. The van der Waals surface area contributed by atoms with Crippen LogP contribution in [0, 0.1) is 6.92 Å². The van der Waals surface area contributed by atoms with Gasteiger partial charge in [0.25, 0.3) is 0 Å². The Kier molecular flexibility index (Phi) is 10.7. The molecular weight excluding hydrogens is 421 g/mol. The molecule has 0 N–H and O–H groups in total. The fourth-order valence-corrected chi connectivity index (χ4v) is 4.06. The van der Waals surface area contributed by atoms with Crippen LogP contribution in [0.1, 0.15) is 5.56 Å². The van der Waals surface area contributed by atoms with E-state index in [4.69, 9.17) is 0 Å². The van der Waals surface area contributed by atoms with E-state index in [2.05, 4.69) is 85.8 Å². The van der Waals surface area contributed by atoms with E-state index in [1.807, 2.05) is 0 Å². The first-order valence-corrected chi connectivity index (χ1v) is 8.05. The maximum Gasteiger partial charge on any atom is 0.104 e. The van der Waals surface area contributed by atoms with Crippen LogP contribution in [0.3, 0.4) is 0 Å². The first kappa shape index (κ1) is 22.4. The molecule has 0 nitrogen and oxygen atoms in total. The third kappa shape index (κ3) is 5.74. The second kappa shape index (κ2) is 11.0. The van der Waals surface area contributed by atoms with Crippen molar-refractivity contribution in [2.45, 2.75) is 6.92 Å². The van der Waals surface area contributed by atoms with Crippen molar-refractivity contribution in [3.8, 4) is 11.1 Å². The number of hydrogen-bond donors (Lipinski definition) is 0. The smallest absolute Gasteiger partial charge is 0.104 e. The fraction of sp³-hybridized carbons (Fsp3) is 0.0526. The number of hydrogen-bond acceptors (Lipinski definition) is 0. The molecule has 0 aliphatic rings. The zero-order valence-electron chi connectivity index (χ0n) is 13.3. The molecule has 3 rings (SSSR count). The molecule has 0 saturated carbocycles. The zero-order chi connectivity index (χ0) is 13.8.